The number of halogens is 1. The first-order valence-electron chi connectivity index (χ1n) is 8.82. The van der Waals surface area contributed by atoms with E-state index in [2.05, 4.69) is 20.8 Å². The van der Waals surface area contributed by atoms with E-state index in [1.807, 2.05) is 0 Å². The van der Waals surface area contributed by atoms with Crippen molar-refractivity contribution in [1.82, 2.24) is 4.90 Å². The van der Waals surface area contributed by atoms with Crippen LogP contribution in [0.1, 0.15) is 70.6 Å². The normalized spacial score (nSPS) is 44.2. The fourth-order valence-corrected chi connectivity index (χ4v) is 6.19. The van der Waals surface area contributed by atoms with Crippen molar-refractivity contribution in [2.75, 3.05) is 6.54 Å². The van der Waals surface area contributed by atoms with Gasteiger partial charge in [0.2, 0.25) is 0 Å². The maximum atomic E-state index is 6.59. The Kier molecular flexibility index (Phi) is 3.89. The monoisotopic (exact) mass is 341 g/mol. The lowest BCUT2D eigenvalue weighted by molar-refractivity contribution is -0.0773. The predicted octanol–water partition coefficient (Wildman–Crippen LogP) is 4.26. The summed E-state index contributed by atoms with van der Waals surface area (Å²) in [6.07, 6.45) is 15.6. The fourth-order valence-electron chi connectivity index (χ4n) is 5.33. The third kappa shape index (κ3) is 2.59. The van der Waals surface area contributed by atoms with Gasteiger partial charge in [-0.15, -0.1) is 0 Å². The molecule has 0 aromatic carbocycles. The second kappa shape index (κ2) is 5.55. The maximum absolute atomic E-state index is 6.59. The average molecular weight is 342 g/mol. The molecule has 4 aliphatic rings. The van der Waals surface area contributed by atoms with Crippen LogP contribution >= 0.6 is 15.9 Å². The quantitative estimate of drug-likeness (QED) is 0.696. The van der Waals surface area contributed by atoms with Crippen molar-refractivity contribution in [3.05, 3.63) is 0 Å². The minimum absolute atomic E-state index is 0.301. The van der Waals surface area contributed by atoms with Gasteiger partial charge in [0.1, 0.15) is 0 Å². The Bertz CT molecular complexity index is 341. The number of alkyl halides is 1. The molecule has 1 aliphatic carbocycles. The molecule has 2 bridgehead atoms. The molecule has 0 aromatic rings. The molecule has 0 N–H and O–H groups in total. The molecule has 1 saturated carbocycles. The van der Waals surface area contributed by atoms with Crippen molar-refractivity contribution >= 4 is 15.9 Å². The Hall–Kier alpha value is 0.400. The Labute approximate surface area is 131 Å². The second-order valence-corrected chi connectivity index (χ2v) is 8.97. The number of hydrogen-bond donors (Lipinski definition) is 0. The highest BCUT2D eigenvalue weighted by atomic mass is 79.9. The highest BCUT2D eigenvalue weighted by Gasteiger charge is 2.45. The Morgan fingerprint density at radius 3 is 2.35 bits per heavy atom. The molecule has 0 radical (unpaired) electrons. The summed E-state index contributed by atoms with van der Waals surface area (Å²) in [5.74, 6) is 0. The molecule has 4 rings (SSSR count). The van der Waals surface area contributed by atoms with Gasteiger partial charge in [-0.2, -0.15) is 0 Å². The van der Waals surface area contributed by atoms with E-state index in [9.17, 15) is 0 Å². The number of rotatable bonds is 2. The van der Waals surface area contributed by atoms with E-state index < -0.39 is 0 Å². The van der Waals surface area contributed by atoms with Crippen LogP contribution in [0.25, 0.3) is 0 Å². The lowest BCUT2D eigenvalue weighted by Gasteiger charge is -2.39. The molecule has 20 heavy (non-hydrogen) atoms. The van der Waals surface area contributed by atoms with Gasteiger partial charge < -0.3 is 4.74 Å². The highest BCUT2D eigenvalue weighted by molar-refractivity contribution is 9.09. The molecule has 114 valence electrons. The van der Waals surface area contributed by atoms with Gasteiger partial charge in [-0.05, 0) is 51.4 Å². The van der Waals surface area contributed by atoms with Crippen molar-refractivity contribution in [3.63, 3.8) is 0 Å². The van der Waals surface area contributed by atoms with E-state index in [1.54, 1.807) is 0 Å². The van der Waals surface area contributed by atoms with E-state index in [4.69, 9.17) is 4.74 Å². The first-order chi connectivity index (χ1) is 9.74. The summed E-state index contributed by atoms with van der Waals surface area (Å²) >= 11 is 3.85. The topological polar surface area (TPSA) is 12.5 Å². The third-order valence-electron chi connectivity index (χ3n) is 6.34. The van der Waals surface area contributed by atoms with Crippen LogP contribution < -0.4 is 0 Å². The lowest BCUT2D eigenvalue weighted by atomic mass is 9.83. The summed E-state index contributed by atoms with van der Waals surface area (Å²) in [5, 5.41) is 0. The van der Waals surface area contributed by atoms with E-state index in [0.29, 0.717) is 11.7 Å². The van der Waals surface area contributed by atoms with E-state index in [1.165, 1.54) is 77.2 Å². The standard InChI is InChI=1S/C17H28BrNO/c18-13-10-14-4-5-15(11-13)19(14)12-16-6-9-17(20-16)7-2-1-3-8-17/h13-16H,1-12H2. The Morgan fingerprint density at radius 1 is 0.950 bits per heavy atom. The number of nitrogens with zero attached hydrogens (tertiary/aromatic N) is 1. The van der Waals surface area contributed by atoms with Crippen LogP contribution in [-0.2, 0) is 4.74 Å². The second-order valence-electron chi connectivity index (χ2n) is 7.67. The molecule has 3 saturated heterocycles. The summed E-state index contributed by atoms with van der Waals surface area (Å²) in [6.45, 7) is 1.22. The summed E-state index contributed by atoms with van der Waals surface area (Å²) in [5.41, 5.74) is 0.301. The molecule has 1 spiro atoms. The molecule has 2 nitrogen and oxygen atoms in total. The van der Waals surface area contributed by atoms with Crippen molar-refractivity contribution in [2.24, 2.45) is 0 Å². The van der Waals surface area contributed by atoms with Gasteiger partial charge in [0.25, 0.3) is 0 Å². The number of hydrogen-bond acceptors (Lipinski definition) is 2. The van der Waals surface area contributed by atoms with Crippen LogP contribution in [0.15, 0.2) is 0 Å². The van der Waals surface area contributed by atoms with Crippen molar-refractivity contribution in [1.29, 1.82) is 0 Å². The van der Waals surface area contributed by atoms with Gasteiger partial charge in [0.15, 0.2) is 0 Å². The molecule has 3 unspecified atom stereocenters. The summed E-state index contributed by atoms with van der Waals surface area (Å²) < 4.78 is 6.59. The molecule has 0 amide bonds. The van der Waals surface area contributed by atoms with Crippen LogP contribution in [0.3, 0.4) is 0 Å². The zero-order chi connectivity index (χ0) is 13.6. The minimum atomic E-state index is 0.301. The molecule has 3 aliphatic heterocycles. The zero-order valence-electron chi connectivity index (χ0n) is 12.5. The SMILES string of the molecule is BrC1CC2CCC(C1)N2CC1CCC2(CCCCC2)O1. The molecule has 0 aromatic heterocycles. The van der Waals surface area contributed by atoms with Crippen LogP contribution in [0.4, 0.5) is 0 Å². The smallest absolute Gasteiger partial charge is 0.0710 e. The van der Waals surface area contributed by atoms with E-state index in [0.717, 1.165) is 16.9 Å². The van der Waals surface area contributed by atoms with Crippen molar-refractivity contribution in [2.45, 2.75) is 99.2 Å². The highest BCUT2D eigenvalue weighted by Crippen LogP contribution is 2.44. The summed E-state index contributed by atoms with van der Waals surface area (Å²) in [6, 6.07) is 1.68. The van der Waals surface area contributed by atoms with Gasteiger partial charge in [0, 0.05) is 23.5 Å². The van der Waals surface area contributed by atoms with Crippen LogP contribution in [0.2, 0.25) is 0 Å². The molecular formula is C17H28BrNO. The van der Waals surface area contributed by atoms with E-state index >= 15 is 0 Å². The molecule has 3 heteroatoms. The third-order valence-corrected chi connectivity index (χ3v) is 7.09. The number of ether oxygens (including phenoxy) is 1. The number of fused-ring (bicyclic) bond motifs is 2. The van der Waals surface area contributed by atoms with Crippen LogP contribution in [0, 0.1) is 0 Å². The Morgan fingerprint density at radius 2 is 1.65 bits per heavy atom. The predicted molar refractivity (Wildman–Crippen MR) is 85.4 cm³/mol. The molecule has 4 fully saturated rings. The first kappa shape index (κ1) is 14.0. The van der Waals surface area contributed by atoms with Crippen LogP contribution in [-0.4, -0.2) is 40.1 Å². The van der Waals surface area contributed by atoms with E-state index in [-0.39, 0.29) is 0 Å². The van der Waals surface area contributed by atoms with Gasteiger partial charge in [-0.25, -0.2) is 0 Å². The molecule has 3 heterocycles. The zero-order valence-corrected chi connectivity index (χ0v) is 14.1. The summed E-state index contributed by atoms with van der Waals surface area (Å²) in [7, 11) is 0. The van der Waals surface area contributed by atoms with Gasteiger partial charge in [-0.3, -0.25) is 4.90 Å². The minimum Gasteiger partial charge on any atom is -0.370 e. The molecule has 3 atom stereocenters. The van der Waals surface area contributed by atoms with Gasteiger partial charge in [0.05, 0.1) is 11.7 Å². The van der Waals surface area contributed by atoms with Gasteiger partial charge in [-0.1, -0.05) is 35.2 Å². The fraction of sp³-hybridized carbons (Fsp3) is 1.00. The van der Waals surface area contributed by atoms with Crippen molar-refractivity contribution in [3.8, 4) is 0 Å². The lowest BCUT2D eigenvalue weighted by Crippen LogP contribution is -2.47. The summed E-state index contributed by atoms with van der Waals surface area (Å²) in [4.78, 5) is 3.58. The van der Waals surface area contributed by atoms with Gasteiger partial charge >= 0.3 is 0 Å². The average Bonchev–Trinajstić information content (AvgIpc) is 2.92. The van der Waals surface area contributed by atoms with Crippen molar-refractivity contribution < 1.29 is 4.74 Å². The first-order valence-corrected chi connectivity index (χ1v) is 9.73. The largest absolute Gasteiger partial charge is 0.370 e. The van der Waals surface area contributed by atoms with Crippen LogP contribution in [0.5, 0.6) is 0 Å². The maximum Gasteiger partial charge on any atom is 0.0710 e. The Balaban J connectivity index is 1.36. The molecular weight excluding hydrogens is 314 g/mol. The number of piperidine rings is 1.